The second-order valence-corrected chi connectivity index (χ2v) is 6.19. The van der Waals surface area contributed by atoms with Crippen molar-refractivity contribution in [2.75, 3.05) is 19.6 Å². The molecule has 2 nitrogen and oxygen atoms in total. The van der Waals surface area contributed by atoms with Crippen molar-refractivity contribution in [3.05, 3.63) is 0 Å². The minimum atomic E-state index is 0.437. The first-order valence-corrected chi connectivity index (χ1v) is 7.00. The molecule has 0 radical (unpaired) electrons. The van der Waals surface area contributed by atoms with E-state index in [9.17, 15) is 0 Å². The fourth-order valence-corrected chi connectivity index (χ4v) is 2.58. The number of hydrogen-bond acceptors (Lipinski definition) is 2. The van der Waals surface area contributed by atoms with Crippen molar-refractivity contribution < 1.29 is 0 Å². The Bertz CT molecular complexity index is 189. The summed E-state index contributed by atoms with van der Waals surface area (Å²) in [6, 6.07) is 0. The zero-order chi connectivity index (χ0) is 12.0. The van der Waals surface area contributed by atoms with Gasteiger partial charge >= 0.3 is 0 Å². The molecule has 2 atom stereocenters. The van der Waals surface area contributed by atoms with Crippen LogP contribution in [0.3, 0.4) is 0 Å². The summed E-state index contributed by atoms with van der Waals surface area (Å²) in [4.78, 5) is 0. The minimum Gasteiger partial charge on any atom is -0.330 e. The lowest BCUT2D eigenvalue weighted by molar-refractivity contribution is 0.223. The molecule has 3 N–H and O–H groups in total. The molecular weight excluding hydrogens is 196 g/mol. The topological polar surface area (TPSA) is 38.0 Å². The quantitative estimate of drug-likeness (QED) is 0.731. The predicted octanol–water partition coefficient (Wildman–Crippen LogP) is 2.78. The first-order valence-electron chi connectivity index (χ1n) is 7.00. The van der Waals surface area contributed by atoms with Crippen LogP contribution >= 0.6 is 0 Å². The average Bonchev–Trinajstić information content (AvgIpc) is 2.29. The highest BCUT2D eigenvalue weighted by Gasteiger charge is 2.24. The van der Waals surface area contributed by atoms with Gasteiger partial charge in [-0.25, -0.2) is 0 Å². The van der Waals surface area contributed by atoms with Crippen LogP contribution in [-0.4, -0.2) is 19.6 Å². The Morgan fingerprint density at radius 2 is 1.81 bits per heavy atom. The van der Waals surface area contributed by atoms with Gasteiger partial charge in [-0.05, 0) is 49.6 Å². The van der Waals surface area contributed by atoms with Crippen molar-refractivity contribution in [1.29, 1.82) is 0 Å². The van der Waals surface area contributed by atoms with Gasteiger partial charge in [0.1, 0.15) is 0 Å². The van der Waals surface area contributed by atoms with E-state index in [2.05, 4.69) is 26.1 Å². The minimum absolute atomic E-state index is 0.437. The second kappa shape index (κ2) is 6.61. The van der Waals surface area contributed by atoms with Crippen LogP contribution in [0.15, 0.2) is 0 Å². The molecule has 16 heavy (non-hydrogen) atoms. The lowest BCUT2D eigenvalue weighted by Crippen LogP contribution is -2.37. The summed E-state index contributed by atoms with van der Waals surface area (Å²) in [6.07, 6.45) is 6.76. The van der Waals surface area contributed by atoms with Crippen LogP contribution in [0.4, 0.5) is 0 Å². The molecule has 0 spiro atoms. The van der Waals surface area contributed by atoms with Gasteiger partial charge in [-0.15, -0.1) is 0 Å². The molecule has 0 aromatic rings. The van der Waals surface area contributed by atoms with Crippen LogP contribution < -0.4 is 11.1 Å². The van der Waals surface area contributed by atoms with E-state index in [1.165, 1.54) is 38.6 Å². The second-order valence-electron chi connectivity index (χ2n) is 6.19. The Morgan fingerprint density at radius 3 is 2.38 bits per heavy atom. The Kier molecular flexibility index (Phi) is 5.77. The lowest BCUT2D eigenvalue weighted by Gasteiger charge is -2.32. The first-order chi connectivity index (χ1) is 7.59. The van der Waals surface area contributed by atoms with Crippen molar-refractivity contribution in [3.8, 4) is 0 Å². The molecule has 1 rings (SSSR count). The van der Waals surface area contributed by atoms with Gasteiger partial charge in [-0.2, -0.15) is 0 Å². The fourth-order valence-electron chi connectivity index (χ4n) is 2.58. The molecule has 1 aliphatic rings. The van der Waals surface area contributed by atoms with E-state index < -0.39 is 0 Å². The maximum absolute atomic E-state index is 5.85. The monoisotopic (exact) mass is 226 g/mol. The average molecular weight is 226 g/mol. The van der Waals surface area contributed by atoms with E-state index in [1.807, 2.05) is 0 Å². The van der Waals surface area contributed by atoms with E-state index in [0.717, 1.165) is 24.9 Å². The molecule has 1 fully saturated rings. The van der Waals surface area contributed by atoms with Crippen LogP contribution in [0.2, 0.25) is 0 Å². The Labute approximate surface area is 101 Å². The Hall–Kier alpha value is -0.0800. The van der Waals surface area contributed by atoms with Crippen molar-refractivity contribution >= 4 is 0 Å². The smallest absolute Gasteiger partial charge is 0.000253 e. The lowest BCUT2D eigenvalue weighted by atomic mass is 9.79. The third-order valence-electron chi connectivity index (χ3n) is 4.34. The summed E-state index contributed by atoms with van der Waals surface area (Å²) in [7, 11) is 0. The van der Waals surface area contributed by atoms with E-state index in [1.54, 1.807) is 0 Å². The van der Waals surface area contributed by atoms with Crippen LogP contribution in [-0.2, 0) is 0 Å². The van der Waals surface area contributed by atoms with Crippen molar-refractivity contribution in [2.24, 2.45) is 23.0 Å². The third-order valence-corrected chi connectivity index (χ3v) is 4.34. The summed E-state index contributed by atoms with van der Waals surface area (Å²) in [5, 5.41) is 3.66. The SMILES string of the molecule is CCC(C)(C)CNCC1CCCCC1CN. The summed E-state index contributed by atoms with van der Waals surface area (Å²) in [5.74, 6) is 1.59. The normalized spacial score (nSPS) is 27.0. The molecule has 2 heteroatoms. The van der Waals surface area contributed by atoms with Gasteiger partial charge in [-0.3, -0.25) is 0 Å². The van der Waals surface area contributed by atoms with Crippen molar-refractivity contribution in [2.45, 2.75) is 52.9 Å². The highest BCUT2D eigenvalue weighted by Crippen LogP contribution is 2.29. The van der Waals surface area contributed by atoms with Gasteiger partial charge in [0.15, 0.2) is 0 Å². The first kappa shape index (κ1) is 14.0. The molecule has 0 aromatic carbocycles. The molecule has 1 saturated carbocycles. The van der Waals surface area contributed by atoms with Gasteiger partial charge < -0.3 is 11.1 Å². The molecule has 0 saturated heterocycles. The molecule has 1 aliphatic carbocycles. The highest BCUT2D eigenvalue weighted by molar-refractivity contribution is 4.79. The Balaban J connectivity index is 2.25. The molecule has 0 amide bonds. The predicted molar refractivity (Wildman–Crippen MR) is 71.4 cm³/mol. The number of rotatable bonds is 6. The molecule has 96 valence electrons. The van der Waals surface area contributed by atoms with Crippen LogP contribution in [0.25, 0.3) is 0 Å². The zero-order valence-corrected chi connectivity index (χ0v) is 11.4. The molecule has 0 bridgehead atoms. The van der Waals surface area contributed by atoms with E-state index in [-0.39, 0.29) is 0 Å². The van der Waals surface area contributed by atoms with E-state index in [4.69, 9.17) is 5.73 Å². The van der Waals surface area contributed by atoms with Crippen LogP contribution in [0.1, 0.15) is 52.9 Å². The van der Waals surface area contributed by atoms with Gasteiger partial charge in [0.25, 0.3) is 0 Å². The summed E-state index contributed by atoms with van der Waals surface area (Å²) in [5.41, 5.74) is 6.29. The molecule has 2 unspecified atom stereocenters. The maximum atomic E-state index is 5.85. The van der Waals surface area contributed by atoms with Crippen LogP contribution in [0.5, 0.6) is 0 Å². The van der Waals surface area contributed by atoms with Crippen molar-refractivity contribution in [1.82, 2.24) is 5.32 Å². The zero-order valence-electron chi connectivity index (χ0n) is 11.4. The maximum Gasteiger partial charge on any atom is 0.000253 e. The number of nitrogens with two attached hydrogens (primary N) is 1. The van der Waals surface area contributed by atoms with Gasteiger partial charge in [-0.1, -0.05) is 33.6 Å². The van der Waals surface area contributed by atoms with Gasteiger partial charge in [0, 0.05) is 6.54 Å². The summed E-state index contributed by atoms with van der Waals surface area (Å²) in [6.45, 7) is 10.1. The largest absolute Gasteiger partial charge is 0.330 e. The molecular formula is C14H30N2. The summed E-state index contributed by atoms with van der Waals surface area (Å²) >= 11 is 0. The van der Waals surface area contributed by atoms with Gasteiger partial charge in [0.2, 0.25) is 0 Å². The van der Waals surface area contributed by atoms with Gasteiger partial charge in [0.05, 0.1) is 0 Å². The number of nitrogens with one attached hydrogen (secondary N) is 1. The fraction of sp³-hybridized carbons (Fsp3) is 1.00. The number of hydrogen-bond donors (Lipinski definition) is 2. The summed E-state index contributed by atoms with van der Waals surface area (Å²) < 4.78 is 0. The van der Waals surface area contributed by atoms with E-state index >= 15 is 0 Å². The van der Waals surface area contributed by atoms with E-state index in [0.29, 0.717) is 5.41 Å². The standard InChI is InChI=1S/C14H30N2/c1-4-14(2,3)11-16-10-13-8-6-5-7-12(13)9-15/h12-13,16H,4-11,15H2,1-3H3. The van der Waals surface area contributed by atoms with Crippen LogP contribution in [0, 0.1) is 17.3 Å². The molecule has 0 aromatic heterocycles. The third kappa shape index (κ3) is 4.42. The highest BCUT2D eigenvalue weighted by atomic mass is 14.9. The molecule has 0 aliphatic heterocycles. The Morgan fingerprint density at radius 1 is 1.19 bits per heavy atom. The molecule has 0 heterocycles. The van der Waals surface area contributed by atoms with Crippen molar-refractivity contribution in [3.63, 3.8) is 0 Å².